The molecule has 2 heterocycles. The van der Waals surface area contributed by atoms with E-state index in [-0.39, 0.29) is 12.0 Å². The maximum Gasteiger partial charge on any atom is 0.316 e. The van der Waals surface area contributed by atoms with Gasteiger partial charge in [-0.1, -0.05) is 13.0 Å². The molecule has 0 bridgehead atoms. The Morgan fingerprint density at radius 3 is 2.67 bits per heavy atom. The highest BCUT2D eigenvalue weighted by atomic mass is 16.5. The number of ether oxygens (including phenoxy) is 1. The van der Waals surface area contributed by atoms with Gasteiger partial charge in [-0.3, -0.25) is 9.69 Å². The van der Waals surface area contributed by atoms with Crippen LogP contribution in [0.4, 0.5) is 0 Å². The van der Waals surface area contributed by atoms with Crippen molar-refractivity contribution in [3.8, 4) is 6.01 Å². The summed E-state index contributed by atoms with van der Waals surface area (Å²) in [6, 6.07) is 0.404. The molecule has 6 heteroatoms. The maximum absolute atomic E-state index is 11.0. The summed E-state index contributed by atoms with van der Waals surface area (Å²) in [6.45, 7) is 8.18. The summed E-state index contributed by atoms with van der Waals surface area (Å²) in [5, 5.41) is 9.09. The van der Waals surface area contributed by atoms with E-state index in [9.17, 15) is 4.79 Å². The predicted molar refractivity (Wildman–Crippen MR) is 92.1 cm³/mol. The number of carbonyl (C=O) groups is 1. The second-order valence-electron chi connectivity index (χ2n) is 6.25. The van der Waals surface area contributed by atoms with Crippen molar-refractivity contribution < 1.29 is 14.6 Å². The van der Waals surface area contributed by atoms with Crippen LogP contribution in [-0.4, -0.2) is 51.7 Å². The Morgan fingerprint density at radius 2 is 2.12 bits per heavy atom. The molecule has 0 saturated carbocycles. The van der Waals surface area contributed by atoms with Gasteiger partial charge in [-0.25, -0.2) is 9.97 Å². The average Bonchev–Trinajstić information content (AvgIpc) is 2.60. The zero-order valence-electron chi connectivity index (χ0n) is 14.4. The fraction of sp³-hybridized carbons (Fsp3) is 0.611. The van der Waals surface area contributed by atoms with Crippen LogP contribution in [0, 0.1) is 5.92 Å². The second-order valence-corrected chi connectivity index (χ2v) is 6.25. The lowest BCUT2D eigenvalue weighted by molar-refractivity contribution is -0.143. The number of rotatable bonds is 9. The summed E-state index contributed by atoms with van der Waals surface area (Å²) < 4.78 is 5.97. The van der Waals surface area contributed by atoms with Gasteiger partial charge in [-0.05, 0) is 50.8 Å². The summed E-state index contributed by atoms with van der Waals surface area (Å²) in [6.07, 6.45) is 9.47. The third-order valence-corrected chi connectivity index (χ3v) is 4.45. The van der Waals surface area contributed by atoms with Crippen LogP contribution in [0.1, 0.15) is 38.2 Å². The third kappa shape index (κ3) is 5.60. The minimum Gasteiger partial charge on any atom is -0.481 e. The Morgan fingerprint density at radius 1 is 1.46 bits per heavy atom. The first-order valence-electron chi connectivity index (χ1n) is 8.66. The molecule has 0 aliphatic carbocycles. The molecule has 132 valence electrons. The number of aryl methyl sites for hydroxylation is 1. The Kier molecular flexibility index (Phi) is 7.18. The minimum atomic E-state index is -0.682. The fourth-order valence-electron chi connectivity index (χ4n) is 2.88. The number of allylic oxidation sites excluding steroid dienone is 1. The molecule has 0 amide bonds. The molecular weight excluding hydrogens is 306 g/mol. The van der Waals surface area contributed by atoms with Crippen molar-refractivity contribution >= 4 is 5.97 Å². The zero-order chi connectivity index (χ0) is 17.4. The molecule has 0 unspecified atom stereocenters. The number of hydrogen-bond donors (Lipinski definition) is 1. The highest BCUT2D eigenvalue weighted by Gasteiger charge is 2.26. The fourth-order valence-corrected chi connectivity index (χ4v) is 2.88. The molecule has 1 aliphatic rings. The highest BCUT2D eigenvalue weighted by molar-refractivity contribution is 5.70. The Bertz CT molecular complexity index is 525. The first kappa shape index (κ1) is 18.4. The molecule has 0 spiro atoms. The molecule has 1 aromatic rings. The number of carboxylic acids is 1. The van der Waals surface area contributed by atoms with Crippen LogP contribution in [0.5, 0.6) is 6.01 Å². The smallest absolute Gasteiger partial charge is 0.316 e. The lowest BCUT2D eigenvalue weighted by Crippen LogP contribution is -2.42. The summed E-state index contributed by atoms with van der Waals surface area (Å²) in [7, 11) is 0. The van der Waals surface area contributed by atoms with Crippen LogP contribution >= 0.6 is 0 Å². The van der Waals surface area contributed by atoms with E-state index in [0.29, 0.717) is 18.9 Å². The van der Waals surface area contributed by atoms with Gasteiger partial charge in [0.25, 0.3) is 0 Å². The maximum atomic E-state index is 11.0. The van der Waals surface area contributed by atoms with Crippen LogP contribution in [0.15, 0.2) is 25.0 Å². The number of hydrogen-bond acceptors (Lipinski definition) is 5. The summed E-state index contributed by atoms with van der Waals surface area (Å²) in [4.78, 5) is 21.9. The van der Waals surface area contributed by atoms with Crippen molar-refractivity contribution in [1.29, 1.82) is 0 Å². The zero-order valence-corrected chi connectivity index (χ0v) is 14.4. The van der Waals surface area contributed by atoms with E-state index in [1.165, 1.54) is 0 Å². The number of nitrogens with zero attached hydrogens (tertiary/aromatic N) is 3. The van der Waals surface area contributed by atoms with Gasteiger partial charge in [-0.2, -0.15) is 0 Å². The van der Waals surface area contributed by atoms with E-state index in [0.717, 1.165) is 44.5 Å². The number of aliphatic carboxylic acids is 1. The minimum absolute atomic E-state index is 0.0168. The van der Waals surface area contributed by atoms with Crippen molar-refractivity contribution in [3.63, 3.8) is 0 Å². The number of carboxylic acid groups (broad SMARTS) is 1. The SMILES string of the molecule is C=CCC[C@@H](CN1CCC(C(=O)O)CC1)Oc1ncc(CC)cn1. The first-order valence-corrected chi connectivity index (χ1v) is 8.66. The average molecular weight is 333 g/mol. The van der Waals surface area contributed by atoms with Gasteiger partial charge in [0.05, 0.1) is 5.92 Å². The summed E-state index contributed by atoms with van der Waals surface area (Å²) in [5.41, 5.74) is 1.08. The van der Waals surface area contributed by atoms with E-state index in [2.05, 4.69) is 28.4 Å². The molecule has 1 saturated heterocycles. The quantitative estimate of drug-likeness (QED) is 0.700. The molecule has 0 radical (unpaired) electrons. The van der Waals surface area contributed by atoms with Crippen molar-refractivity contribution in [3.05, 3.63) is 30.6 Å². The lowest BCUT2D eigenvalue weighted by Gasteiger charge is -2.32. The van der Waals surface area contributed by atoms with Gasteiger partial charge < -0.3 is 9.84 Å². The van der Waals surface area contributed by atoms with Crippen molar-refractivity contribution in [1.82, 2.24) is 14.9 Å². The molecule has 1 atom stereocenters. The number of piperidine rings is 1. The third-order valence-electron chi connectivity index (χ3n) is 4.45. The molecule has 1 N–H and O–H groups in total. The largest absolute Gasteiger partial charge is 0.481 e. The molecule has 1 fully saturated rings. The Balaban J connectivity index is 1.90. The molecule has 1 aromatic heterocycles. The van der Waals surface area contributed by atoms with E-state index < -0.39 is 5.97 Å². The van der Waals surface area contributed by atoms with Crippen LogP contribution < -0.4 is 4.74 Å². The second kappa shape index (κ2) is 9.37. The highest BCUT2D eigenvalue weighted by Crippen LogP contribution is 2.19. The van der Waals surface area contributed by atoms with Crippen molar-refractivity contribution in [2.45, 2.75) is 45.1 Å². The van der Waals surface area contributed by atoms with E-state index in [1.54, 1.807) is 12.4 Å². The predicted octanol–water partition coefficient (Wildman–Crippen LogP) is 2.55. The monoisotopic (exact) mass is 333 g/mol. The van der Waals surface area contributed by atoms with Gasteiger partial charge in [0, 0.05) is 18.9 Å². The Hall–Kier alpha value is -1.95. The topological polar surface area (TPSA) is 75.6 Å². The first-order chi connectivity index (χ1) is 11.6. The molecule has 2 rings (SSSR count). The number of likely N-dealkylation sites (tertiary alicyclic amines) is 1. The number of aromatic nitrogens is 2. The normalized spacial score (nSPS) is 17.4. The van der Waals surface area contributed by atoms with Crippen molar-refractivity contribution in [2.75, 3.05) is 19.6 Å². The van der Waals surface area contributed by atoms with Gasteiger partial charge in [-0.15, -0.1) is 6.58 Å². The van der Waals surface area contributed by atoms with E-state index >= 15 is 0 Å². The summed E-state index contributed by atoms with van der Waals surface area (Å²) >= 11 is 0. The Labute approximate surface area is 143 Å². The molecule has 6 nitrogen and oxygen atoms in total. The lowest BCUT2D eigenvalue weighted by atomic mass is 9.97. The van der Waals surface area contributed by atoms with Crippen molar-refractivity contribution in [2.24, 2.45) is 5.92 Å². The molecular formula is C18H27N3O3. The van der Waals surface area contributed by atoms with Crippen LogP contribution in [0.25, 0.3) is 0 Å². The van der Waals surface area contributed by atoms with Gasteiger partial charge in [0.15, 0.2) is 0 Å². The van der Waals surface area contributed by atoms with Crippen LogP contribution in [-0.2, 0) is 11.2 Å². The molecule has 1 aliphatic heterocycles. The summed E-state index contributed by atoms with van der Waals surface area (Å²) in [5.74, 6) is -0.891. The van der Waals surface area contributed by atoms with Gasteiger partial charge in [0.2, 0.25) is 0 Å². The van der Waals surface area contributed by atoms with Crippen LogP contribution in [0.2, 0.25) is 0 Å². The van der Waals surface area contributed by atoms with Gasteiger partial charge >= 0.3 is 12.0 Å². The van der Waals surface area contributed by atoms with Crippen LogP contribution in [0.3, 0.4) is 0 Å². The van der Waals surface area contributed by atoms with E-state index in [4.69, 9.17) is 9.84 Å². The molecule has 24 heavy (non-hydrogen) atoms. The molecule has 0 aromatic carbocycles. The van der Waals surface area contributed by atoms with Gasteiger partial charge in [0.1, 0.15) is 6.10 Å². The van der Waals surface area contributed by atoms with E-state index in [1.807, 2.05) is 6.08 Å². The standard InChI is InChI=1S/C18H27N3O3/c1-3-5-6-16(24-18-19-11-14(4-2)12-20-18)13-21-9-7-15(8-10-21)17(22)23/h3,11-12,15-16H,1,4-10,13H2,2H3,(H,22,23)/t16-/m0/s1.